The zero-order chi connectivity index (χ0) is 16.1. The molecule has 0 aliphatic rings. The molecule has 0 aliphatic carbocycles. The van der Waals surface area contributed by atoms with Gasteiger partial charge in [0.15, 0.2) is 0 Å². The Morgan fingerprint density at radius 1 is 1.24 bits per heavy atom. The van der Waals surface area contributed by atoms with Crippen LogP contribution >= 0.6 is 0 Å². The summed E-state index contributed by atoms with van der Waals surface area (Å²) in [5.74, 6) is 0.421. The molecule has 0 fully saturated rings. The number of nitrogens with zero attached hydrogens (tertiary/aromatic N) is 3. The van der Waals surface area contributed by atoms with Crippen LogP contribution in [0.4, 0.5) is 5.95 Å². The normalized spacial score (nSPS) is 12.7. The minimum absolute atomic E-state index is 0.0739. The Morgan fingerprint density at radius 2 is 1.81 bits per heavy atom. The maximum absolute atomic E-state index is 12.2. The molecule has 0 radical (unpaired) electrons. The van der Waals surface area contributed by atoms with Crippen molar-refractivity contribution in [2.75, 3.05) is 39.0 Å². The lowest BCUT2D eigenvalue weighted by Gasteiger charge is -2.28. The van der Waals surface area contributed by atoms with Gasteiger partial charge in [-0.2, -0.15) is 0 Å². The van der Waals surface area contributed by atoms with Crippen LogP contribution in [0.25, 0.3) is 0 Å². The van der Waals surface area contributed by atoms with Crippen LogP contribution < -0.4 is 10.0 Å². The van der Waals surface area contributed by atoms with Crippen LogP contribution in [0.3, 0.4) is 0 Å². The van der Waals surface area contributed by atoms with Gasteiger partial charge in [0.1, 0.15) is 4.90 Å². The van der Waals surface area contributed by atoms with Crippen LogP contribution in [-0.4, -0.2) is 57.0 Å². The van der Waals surface area contributed by atoms with Crippen LogP contribution in [0.15, 0.2) is 17.3 Å². The molecule has 2 N–H and O–H groups in total. The first-order chi connectivity index (χ1) is 9.66. The molecule has 0 bridgehead atoms. The monoisotopic (exact) mass is 315 g/mol. The van der Waals surface area contributed by atoms with E-state index in [2.05, 4.69) is 20.0 Å². The van der Waals surface area contributed by atoms with Gasteiger partial charge in [-0.3, -0.25) is 0 Å². The van der Waals surface area contributed by atoms with Crippen LogP contribution in [-0.2, 0) is 10.0 Å². The standard InChI is InChI=1S/C13H25N5O2S/c1-6-14-12-15-7-11(8-16-12)21(19,20)17-9-13(2,3)10-18(4)5/h7-8,17H,6,9-10H2,1-5H3,(H,14,15,16). The van der Waals surface area contributed by atoms with Gasteiger partial charge in [0.05, 0.1) is 12.4 Å². The third kappa shape index (κ3) is 5.94. The van der Waals surface area contributed by atoms with E-state index in [0.29, 0.717) is 19.0 Å². The molecule has 0 atom stereocenters. The van der Waals surface area contributed by atoms with Crippen molar-refractivity contribution in [1.82, 2.24) is 19.6 Å². The lowest BCUT2D eigenvalue weighted by Crippen LogP contribution is -2.40. The molecule has 0 saturated heterocycles. The van der Waals surface area contributed by atoms with E-state index in [0.717, 1.165) is 6.54 Å². The predicted molar refractivity (Wildman–Crippen MR) is 83.7 cm³/mol. The summed E-state index contributed by atoms with van der Waals surface area (Å²) in [4.78, 5) is 10.1. The summed E-state index contributed by atoms with van der Waals surface area (Å²) in [5, 5.41) is 2.92. The van der Waals surface area contributed by atoms with E-state index in [1.807, 2.05) is 39.8 Å². The van der Waals surface area contributed by atoms with Crippen molar-refractivity contribution in [2.45, 2.75) is 25.7 Å². The Morgan fingerprint density at radius 3 is 2.29 bits per heavy atom. The fourth-order valence-electron chi connectivity index (χ4n) is 1.99. The molecule has 0 unspecified atom stereocenters. The minimum Gasteiger partial charge on any atom is -0.355 e. The Hall–Kier alpha value is -1.25. The number of sulfonamides is 1. The van der Waals surface area contributed by atoms with Crippen molar-refractivity contribution in [2.24, 2.45) is 5.41 Å². The molecule has 21 heavy (non-hydrogen) atoms. The first-order valence-electron chi connectivity index (χ1n) is 6.86. The summed E-state index contributed by atoms with van der Waals surface area (Å²) >= 11 is 0. The average Bonchev–Trinajstić information content (AvgIpc) is 2.36. The van der Waals surface area contributed by atoms with Crippen molar-refractivity contribution in [1.29, 1.82) is 0 Å². The predicted octanol–water partition coefficient (Wildman–Crippen LogP) is 0.775. The number of hydrogen-bond acceptors (Lipinski definition) is 6. The number of nitrogens with one attached hydrogen (secondary N) is 2. The van der Waals surface area contributed by atoms with E-state index in [4.69, 9.17) is 0 Å². The molecule has 1 heterocycles. The summed E-state index contributed by atoms with van der Waals surface area (Å²) in [6.07, 6.45) is 2.62. The van der Waals surface area contributed by atoms with Gasteiger partial charge in [-0.15, -0.1) is 0 Å². The largest absolute Gasteiger partial charge is 0.355 e. The summed E-state index contributed by atoms with van der Waals surface area (Å²) in [7, 11) is 0.341. The van der Waals surface area contributed by atoms with Crippen molar-refractivity contribution in [3.8, 4) is 0 Å². The minimum atomic E-state index is -3.58. The van der Waals surface area contributed by atoms with E-state index in [-0.39, 0.29) is 10.3 Å². The van der Waals surface area contributed by atoms with Crippen LogP contribution in [0.5, 0.6) is 0 Å². The van der Waals surface area contributed by atoms with Gasteiger partial charge in [-0.1, -0.05) is 13.8 Å². The van der Waals surface area contributed by atoms with E-state index >= 15 is 0 Å². The number of aromatic nitrogens is 2. The van der Waals surface area contributed by atoms with E-state index in [1.54, 1.807) is 0 Å². The van der Waals surface area contributed by atoms with E-state index in [1.165, 1.54) is 12.4 Å². The van der Waals surface area contributed by atoms with Crippen LogP contribution in [0.1, 0.15) is 20.8 Å². The van der Waals surface area contributed by atoms with Crippen LogP contribution in [0.2, 0.25) is 0 Å². The highest BCUT2D eigenvalue weighted by molar-refractivity contribution is 7.89. The SMILES string of the molecule is CCNc1ncc(S(=O)(=O)NCC(C)(C)CN(C)C)cn1. The van der Waals surface area contributed by atoms with Crippen LogP contribution in [0, 0.1) is 5.41 Å². The van der Waals surface area contributed by atoms with Gasteiger partial charge in [-0.25, -0.2) is 23.1 Å². The van der Waals surface area contributed by atoms with Crippen molar-refractivity contribution >= 4 is 16.0 Å². The number of rotatable bonds is 8. The first-order valence-corrected chi connectivity index (χ1v) is 8.35. The molecule has 0 spiro atoms. The second-order valence-corrected chi connectivity index (χ2v) is 7.77. The van der Waals surface area contributed by atoms with E-state index in [9.17, 15) is 8.42 Å². The average molecular weight is 315 g/mol. The highest BCUT2D eigenvalue weighted by Gasteiger charge is 2.23. The molecular weight excluding hydrogens is 290 g/mol. The molecule has 1 aromatic heterocycles. The highest BCUT2D eigenvalue weighted by atomic mass is 32.2. The molecule has 7 nitrogen and oxygen atoms in total. The molecule has 0 saturated carbocycles. The quantitative estimate of drug-likeness (QED) is 0.737. The maximum Gasteiger partial charge on any atom is 0.243 e. The fraction of sp³-hybridized carbons (Fsp3) is 0.692. The maximum atomic E-state index is 12.2. The van der Waals surface area contributed by atoms with Gasteiger partial charge in [0.2, 0.25) is 16.0 Å². The third-order valence-corrected chi connectivity index (χ3v) is 4.11. The fourth-order valence-corrected chi connectivity index (χ4v) is 3.12. The Bertz CT molecular complexity index is 540. The Kier molecular flexibility index (Phi) is 6.06. The summed E-state index contributed by atoms with van der Waals surface area (Å²) in [6.45, 7) is 7.76. The van der Waals surface area contributed by atoms with Crippen molar-refractivity contribution in [3.05, 3.63) is 12.4 Å². The smallest absolute Gasteiger partial charge is 0.243 e. The molecule has 0 amide bonds. The zero-order valence-corrected chi connectivity index (χ0v) is 14.2. The molecule has 0 aromatic carbocycles. The van der Waals surface area contributed by atoms with Gasteiger partial charge in [-0.05, 0) is 26.4 Å². The third-order valence-electron chi connectivity index (χ3n) is 2.76. The second kappa shape index (κ2) is 7.15. The van der Waals surface area contributed by atoms with Gasteiger partial charge >= 0.3 is 0 Å². The van der Waals surface area contributed by atoms with E-state index < -0.39 is 10.0 Å². The van der Waals surface area contributed by atoms with Gasteiger partial charge in [0.25, 0.3) is 0 Å². The number of anilines is 1. The molecule has 8 heteroatoms. The summed E-state index contributed by atoms with van der Waals surface area (Å²) in [6, 6.07) is 0. The highest BCUT2D eigenvalue weighted by Crippen LogP contribution is 2.16. The Labute approximate surface area is 127 Å². The zero-order valence-electron chi connectivity index (χ0n) is 13.3. The molecule has 1 aromatic rings. The van der Waals surface area contributed by atoms with Crippen molar-refractivity contribution in [3.63, 3.8) is 0 Å². The molecular formula is C13H25N5O2S. The molecule has 0 aliphatic heterocycles. The topological polar surface area (TPSA) is 87.2 Å². The Balaban J connectivity index is 2.73. The lowest BCUT2D eigenvalue weighted by molar-refractivity contribution is 0.242. The van der Waals surface area contributed by atoms with Gasteiger partial charge < -0.3 is 10.2 Å². The van der Waals surface area contributed by atoms with Gasteiger partial charge in [0, 0.05) is 19.6 Å². The summed E-state index contributed by atoms with van der Waals surface area (Å²) < 4.78 is 27.0. The first kappa shape index (κ1) is 17.8. The summed E-state index contributed by atoms with van der Waals surface area (Å²) in [5.41, 5.74) is -0.166. The second-order valence-electron chi connectivity index (χ2n) is 6.00. The molecule has 1 rings (SSSR count). The van der Waals surface area contributed by atoms with Crippen molar-refractivity contribution < 1.29 is 8.42 Å². The number of hydrogen-bond donors (Lipinski definition) is 2. The lowest BCUT2D eigenvalue weighted by atomic mass is 9.93. The molecule has 120 valence electrons.